The van der Waals surface area contributed by atoms with Crippen LogP contribution in [0.3, 0.4) is 0 Å². The minimum atomic E-state index is 0.543. The van der Waals surface area contributed by atoms with E-state index in [1.807, 2.05) is 50.2 Å². The van der Waals surface area contributed by atoms with Crippen molar-refractivity contribution in [1.29, 1.82) is 0 Å². The largest absolute Gasteiger partial charge is 0.341 e. The molecule has 0 radical (unpaired) electrons. The molecule has 0 aliphatic carbocycles. The molecule has 0 aliphatic rings. The maximum absolute atomic E-state index is 4.59. The Bertz CT molecular complexity index is 1250. The van der Waals surface area contributed by atoms with Crippen molar-refractivity contribution < 1.29 is 0 Å². The Morgan fingerprint density at radius 3 is 2.82 bits per heavy atom. The summed E-state index contributed by atoms with van der Waals surface area (Å²) in [6.45, 7) is 3.88. The first-order chi connectivity index (χ1) is 13.6. The zero-order valence-corrected chi connectivity index (χ0v) is 16.1. The summed E-state index contributed by atoms with van der Waals surface area (Å²) in [6.07, 6.45) is 0. The lowest BCUT2D eigenvalue weighted by atomic mass is 10.3. The Hall–Kier alpha value is -3.40. The minimum Gasteiger partial charge on any atom is -0.341 e. The number of aromatic amines is 2. The molecule has 4 heterocycles. The number of anilines is 2. The molecule has 4 aromatic heterocycles. The Morgan fingerprint density at radius 2 is 2.00 bits per heavy atom. The number of fused-ring (bicyclic) bond motifs is 2. The third-order valence-electron chi connectivity index (χ3n) is 4.16. The predicted octanol–water partition coefficient (Wildman–Crippen LogP) is 3.38. The van der Waals surface area contributed by atoms with Crippen molar-refractivity contribution in [2.45, 2.75) is 24.8 Å². The van der Waals surface area contributed by atoms with Gasteiger partial charge < -0.3 is 10.3 Å². The smallest absolute Gasteiger partial charge is 0.255 e. The third kappa shape index (κ3) is 3.18. The van der Waals surface area contributed by atoms with E-state index in [1.54, 1.807) is 4.52 Å². The summed E-state index contributed by atoms with van der Waals surface area (Å²) in [5, 5.41) is 15.6. The van der Waals surface area contributed by atoms with Gasteiger partial charge in [-0.25, -0.2) is 9.97 Å². The number of aromatic nitrogens is 8. The Balaban J connectivity index is 1.41. The van der Waals surface area contributed by atoms with Crippen molar-refractivity contribution in [3.63, 3.8) is 0 Å². The fourth-order valence-corrected chi connectivity index (χ4v) is 3.63. The molecule has 140 valence electrons. The molecular weight excluding hydrogens is 374 g/mol. The van der Waals surface area contributed by atoms with Crippen LogP contribution in [0.15, 0.2) is 41.6 Å². The number of rotatable bonds is 5. The van der Waals surface area contributed by atoms with Gasteiger partial charge in [0.15, 0.2) is 5.82 Å². The first kappa shape index (κ1) is 16.8. The highest BCUT2D eigenvalue weighted by atomic mass is 32.2. The van der Waals surface area contributed by atoms with Gasteiger partial charge in [0.2, 0.25) is 5.16 Å². The molecule has 0 amide bonds. The quantitative estimate of drug-likeness (QED) is 0.394. The number of imidazole rings is 1. The zero-order valence-electron chi connectivity index (χ0n) is 15.3. The predicted molar refractivity (Wildman–Crippen MR) is 108 cm³/mol. The second kappa shape index (κ2) is 6.64. The number of nitrogens with zero attached hydrogens (tertiary/aromatic N) is 6. The van der Waals surface area contributed by atoms with Crippen LogP contribution >= 0.6 is 11.8 Å². The maximum Gasteiger partial charge on any atom is 0.255 e. The molecule has 0 bridgehead atoms. The lowest BCUT2D eigenvalue weighted by Crippen LogP contribution is -2.02. The van der Waals surface area contributed by atoms with E-state index in [0.717, 1.165) is 39.9 Å². The first-order valence-electron chi connectivity index (χ1n) is 8.74. The molecule has 1 aromatic carbocycles. The second-order valence-electron chi connectivity index (χ2n) is 6.44. The highest BCUT2D eigenvalue weighted by Crippen LogP contribution is 2.23. The fourth-order valence-electron chi connectivity index (χ4n) is 2.94. The van der Waals surface area contributed by atoms with Gasteiger partial charge in [-0.15, -0.1) is 5.10 Å². The molecule has 28 heavy (non-hydrogen) atoms. The van der Waals surface area contributed by atoms with Crippen LogP contribution < -0.4 is 5.32 Å². The van der Waals surface area contributed by atoms with E-state index in [2.05, 4.69) is 40.5 Å². The van der Waals surface area contributed by atoms with Crippen molar-refractivity contribution in [3.8, 4) is 0 Å². The molecule has 0 aliphatic heterocycles. The summed E-state index contributed by atoms with van der Waals surface area (Å²) < 4.78 is 1.69. The van der Waals surface area contributed by atoms with E-state index in [9.17, 15) is 0 Å². The first-order valence-corrected chi connectivity index (χ1v) is 9.72. The summed E-state index contributed by atoms with van der Waals surface area (Å²) in [7, 11) is 0. The van der Waals surface area contributed by atoms with Gasteiger partial charge in [0, 0.05) is 23.5 Å². The van der Waals surface area contributed by atoms with Crippen LogP contribution in [0, 0.1) is 13.8 Å². The number of nitrogens with one attached hydrogen (secondary N) is 3. The molecule has 0 spiro atoms. The van der Waals surface area contributed by atoms with Gasteiger partial charge >= 0.3 is 0 Å². The van der Waals surface area contributed by atoms with Gasteiger partial charge in [0.25, 0.3) is 5.78 Å². The summed E-state index contributed by atoms with van der Waals surface area (Å²) in [4.78, 5) is 16.9. The molecule has 9 nitrogen and oxygen atoms in total. The zero-order chi connectivity index (χ0) is 19.1. The molecular formula is C18H17N9S. The van der Waals surface area contributed by atoms with Crippen LogP contribution in [0.25, 0.3) is 16.8 Å². The Labute approximate surface area is 164 Å². The van der Waals surface area contributed by atoms with Crippen LogP contribution in [0.5, 0.6) is 0 Å². The summed E-state index contributed by atoms with van der Waals surface area (Å²) >= 11 is 1.51. The molecule has 0 saturated carbocycles. The van der Waals surface area contributed by atoms with Crippen LogP contribution in [0.2, 0.25) is 0 Å². The van der Waals surface area contributed by atoms with Crippen LogP contribution in [-0.2, 0) is 5.75 Å². The third-order valence-corrected chi connectivity index (χ3v) is 5.01. The van der Waals surface area contributed by atoms with Crippen LogP contribution in [0.4, 0.5) is 11.6 Å². The summed E-state index contributed by atoms with van der Waals surface area (Å²) in [5.74, 6) is 3.56. The molecule has 0 fully saturated rings. The number of aryl methyl sites for hydroxylation is 2. The van der Waals surface area contributed by atoms with Crippen molar-refractivity contribution in [2.75, 3.05) is 5.32 Å². The van der Waals surface area contributed by atoms with Crippen molar-refractivity contribution in [2.24, 2.45) is 0 Å². The standard InChI is InChI=1S/C18H17N9S/c1-10-8-16(22-14-7-11(2)24-25-14)27-17(19-10)23-18(26-27)28-9-15-20-12-5-3-4-6-13(12)21-15/h3-8H,9H2,1-2H3,(H,20,21)(H2,22,24,25). The van der Waals surface area contributed by atoms with Gasteiger partial charge in [0.05, 0.1) is 16.8 Å². The summed E-state index contributed by atoms with van der Waals surface area (Å²) in [6, 6.07) is 11.8. The average molecular weight is 391 g/mol. The molecule has 5 aromatic rings. The average Bonchev–Trinajstić information content (AvgIpc) is 3.37. The van der Waals surface area contributed by atoms with E-state index in [-0.39, 0.29) is 0 Å². The van der Waals surface area contributed by atoms with E-state index in [4.69, 9.17) is 0 Å². The van der Waals surface area contributed by atoms with Gasteiger partial charge in [0.1, 0.15) is 11.6 Å². The van der Waals surface area contributed by atoms with E-state index < -0.39 is 0 Å². The van der Waals surface area contributed by atoms with Gasteiger partial charge in [-0.2, -0.15) is 14.6 Å². The number of thioether (sulfide) groups is 1. The normalized spacial score (nSPS) is 11.5. The fraction of sp³-hybridized carbons (Fsp3) is 0.167. The van der Waals surface area contributed by atoms with Crippen LogP contribution in [0.1, 0.15) is 17.2 Å². The van der Waals surface area contributed by atoms with Crippen LogP contribution in [-0.4, -0.2) is 39.7 Å². The highest BCUT2D eigenvalue weighted by molar-refractivity contribution is 7.98. The molecule has 5 rings (SSSR count). The van der Waals surface area contributed by atoms with Crippen molar-refractivity contribution >= 4 is 40.2 Å². The molecule has 0 saturated heterocycles. The number of hydrogen-bond acceptors (Lipinski definition) is 7. The number of H-pyrrole nitrogens is 2. The molecule has 10 heteroatoms. The van der Waals surface area contributed by atoms with E-state index >= 15 is 0 Å². The second-order valence-corrected chi connectivity index (χ2v) is 7.38. The van der Waals surface area contributed by atoms with Gasteiger partial charge in [-0.1, -0.05) is 23.9 Å². The van der Waals surface area contributed by atoms with E-state index in [1.165, 1.54) is 11.8 Å². The highest BCUT2D eigenvalue weighted by Gasteiger charge is 2.12. The van der Waals surface area contributed by atoms with Crippen molar-refractivity contribution in [3.05, 3.63) is 53.6 Å². The lowest BCUT2D eigenvalue weighted by Gasteiger charge is -2.05. The molecule has 3 N–H and O–H groups in total. The topological polar surface area (TPSA) is 112 Å². The number of para-hydroxylation sites is 2. The lowest BCUT2D eigenvalue weighted by molar-refractivity contribution is 0.880. The maximum atomic E-state index is 4.59. The number of benzene rings is 1. The Kier molecular flexibility index (Phi) is 3.97. The minimum absolute atomic E-state index is 0.543. The van der Waals surface area contributed by atoms with Gasteiger partial charge in [-0.05, 0) is 26.0 Å². The number of hydrogen-bond donors (Lipinski definition) is 3. The molecule has 0 unspecified atom stereocenters. The SMILES string of the molecule is Cc1cc(Nc2cc(C)[nH]n2)n2nc(SCc3nc4ccccc4[nH]3)nc2n1. The summed E-state index contributed by atoms with van der Waals surface area (Å²) in [5.41, 5.74) is 3.81. The van der Waals surface area contributed by atoms with E-state index in [0.29, 0.717) is 16.7 Å². The van der Waals surface area contributed by atoms with Crippen molar-refractivity contribution in [1.82, 2.24) is 39.7 Å². The monoisotopic (exact) mass is 391 g/mol. The Morgan fingerprint density at radius 1 is 1.11 bits per heavy atom. The molecule has 0 atom stereocenters. The van der Waals surface area contributed by atoms with Gasteiger partial charge in [-0.3, -0.25) is 5.10 Å².